The van der Waals surface area contributed by atoms with Crippen LogP contribution in [0.15, 0.2) is 59.9 Å². The molecule has 2 aromatic carbocycles. The molecule has 3 rings (SSSR count). The predicted octanol–water partition coefficient (Wildman–Crippen LogP) is 4.75. The van der Waals surface area contributed by atoms with Gasteiger partial charge in [-0.05, 0) is 61.7 Å². The Bertz CT molecular complexity index is 974. The number of rotatable bonds is 8. The molecule has 1 unspecified atom stereocenters. The van der Waals surface area contributed by atoms with Gasteiger partial charge in [-0.3, -0.25) is 14.5 Å². The molecule has 6 nitrogen and oxygen atoms in total. The molecular formula is C25H30N2O4. The van der Waals surface area contributed by atoms with Crippen molar-refractivity contribution in [3.8, 4) is 5.75 Å². The number of carbonyl (C=O) groups excluding carboxylic acids is 2. The second-order valence-corrected chi connectivity index (χ2v) is 8.14. The summed E-state index contributed by atoms with van der Waals surface area (Å²) in [7, 11) is 0. The lowest BCUT2D eigenvalue weighted by molar-refractivity contribution is -0.118. The van der Waals surface area contributed by atoms with Gasteiger partial charge >= 0.3 is 0 Å². The van der Waals surface area contributed by atoms with Gasteiger partial charge in [0.05, 0.1) is 11.6 Å². The molecule has 2 aromatic rings. The summed E-state index contributed by atoms with van der Waals surface area (Å²) in [4.78, 5) is 29.8. The van der Waals surface area contributed by atoms with Crippen molar-refractivity contribution in [2.75, 3.05) is 22.9 Å². The van der Waals surface area contributed by atoms with Gasteiger partial charge in [-0.25, -0.2) is 0 Å². The van der Waals surface area contributed by atoms with Gasteiger partial charge in [0.25, 0.3) is 5.91 Å². The Morgan fingerprint density at radius 3 is 2.10 bits per heavy atom. The van der Waals surface area contributed by atoms with E-state index >= 15 is 0 Å². The molecule has 6 heteroatoms. The Labute approximate surface area is 183 Å². The van der Waals surface area contributed by atoms with Crippen molar-refractivity contribution >= 4 is 23.1 Å². The summed E-state index contributed by atoms with van der Waals surface area (Å²) < 4.78 is 0. The summed E-state index contributed by atoms with van der Waals surface area (Å²) in [5.74, 6) is -1.17. The number of amides is 1. The molecule has 1 aliphatic heterocycles. The van der Waals surface area contributed by atoms with Crippen LogP contribution in [0.5, 0.6) is 5.75 Å². The summed E-state index contributed by atoms with van der Waals surface area (Å²) in [6, 6.07) is 13.2. The van der Waals surface area contributed by atoms with Crippen LogP contribution in [0, 0.1) is 5.92 Å². The minimum atomic E-state index is -0.751. The van der Waals surface area contributed by atoms with Crippen molar-refractivity contribution in [3.63, 3.8) is 0 Å². The minimum absolute atomic E-state index is 0.0887. The number of phenolic OH excluding ortho intramolecular Hbond substituents is 1. The SMILES string of the molecule is CCN(CC)c1ccc(N2C(=O)C(O)=C(C(=O)CC(C)C)C2c2ccc(O)cc2)cc1. The van der Waals surface area contributed by atoms with E-state index in [1.54, 1.807) is 12.1 Å². The Morgan fingerprint density at radius 1 is 1.00 bits per heavy atom. The molecule has 1 aliphatic rings. The van der Waals surface area contributed by atoms with Crippen LogP contribution in [0.1, 0.15) is 45.7 Å². The number of aliphatic hydroxyl groups excluding tert-OH is 1. The molecule has 0 fully saturated rings. The van der Waals surface area contributed by atoms with Crippen LogP contribution >= 0.6 is 0 Å². The highest BCUT2D eigenvalue weighted by atomic mass is 16.3. The van der Waals surface area contributed by atoms with Crippen LogP contribution in [0.25, 0.3) is 0 Å². The van der Waals surface area contributed by atoms with Crippen molar-refractivity contribution < 1.29 is 19.8 Å². The van der Waals surface area contributed by atoms with E-state index in [-0.39, 0.29) is 29.4 Å². The second kappa shape index (κ2) is 9.25. The average Bonchev–Trinajstić information content (AvgIpc) is 3.00. The molecule has 1 heterocycles. The molecule has 1 amide bonds. The van der Waals surface area contributed by atoms with Gasteiger partial charge in [0.15, 0.2) is 11.5 Å². The maximum atomic E-state index is 13.1. The molecule has 0 spiro atoms. The van der Waals surface area contributed by atoms with Gasteiger partial charge < -0.3 is 15.1 Å². The summed E-state index contributed by atoms with van der Waals surface area (Å²) in [5.41, 5.74) is 2.39. The third-order valence-electron chi connectivity index (χ3n) is 5.57. The highest BCUT2D eigenvalue weighted by Crippen LogP contribution is 2.42. The van der Waals surface area contributed by atoms with E-state index in [2.05, 4.69) is 18.7 Å². The van der Waals surface area contributed by atoms with Crippen molar-refractivity contribution in [1.82, 2.24) is 0 Å². The van der Waals surface area contributed by atoms with Gasteiger partial charge in [-0.15, -0.1) is 0 Å². The number of aromatic hydroxyl groups is 1. The fourth-order valence-electron chi connectivity index (χ4n) is 4.02. The molecule has 0 aromatic heterocycles. The first-order chi connectivity index (χ1) is 14.8. The van der Waals surface area contributed by atoms with Crippen LogP contribution < -0.4 is 9.80 Å². The van der Waals surface area contributed by atoms with E-state index in [0.29, 0.717) is 11.3 Å². The van der Waals surface area contributed by atoms with Crippen LogP contribution in [0.2, 0.25) is 0 Å². The molecular weight excluding hydrogens is 392 g/mol. The minimum Gasteiger partial charge on any atom is -0.508 e. The standard InChI is InChI=1S/C25H30N2O4/c1-5-26(6-2)18-9-11-19(12-10-18)27-23(17-7-13-20(28)14-8-17)22(24(30)25(27)31)21(29)15-16(3)4/h7-14,16,23,28,30H,5-6,15H2,1-4H3. The normalized spacial score (nSPS) is 16.4. The van der Waals surface area contributed by atoms with Gasteiger partial charge in [0.2, 0.25) is 0 Å². The van der Waals surface area contributed by atoms with Crippen molar-refractivity contribution in [2.24, 2.45) is 5.92 Å². The average molecular weight is 423 g/mol. The Hall–Kier alpha value is -3.28. The highest BCUT2D eigenvalue weighted by molar-refractivity contribution is 6.16. The first-order valence-corrected chi connectivity index (χ1v) is 10.7. The van der Waals surface area contributed by atoms with Crippen LogP contribution in [-0.2, 0) is 9.59 Å². The van der Waals surface area contributed by atoms with Gasteiger partial charge in [-0.2, -0.15) is 0 Å². The summed E-state index contributed by atoms with van der Waals surface area (Å²) >= 11 is 0. The fourth-order valence-corrected chi connectivity index (χ4v) is 4.02. The maximum Gasteiger partial charge on any atom is 0.294 e. The molecule has 0 radical (unpaired) electrons. The molecule has 0 bridgehead atoms. The van der Waals surface area contributed by atoms with Crippen LogP contribution in [0.3, 0.4) is 0 Å². The lowest BCUT2D eigenvalue weighted by atomic mass is 9.92. The van der Waals surface area contributed by atoms with E-state index in [1.165, 1.54) is 17.0 Å². The van der Waals surface area contributed by atoms with Crippen molar-refractivity contribution in [2.45, 2.75) is 40.2 Å². The summed E-state index contributed by atoms with van der Waals surface area (Å²) in [6.45, 7) is 9.74. The first kappa shape index (κ1) is 22.4. The van der Waals surface area contributed by atoms with Crippen molar-refractivity contribution in [3.05, 3.63) is 65.4 Å². The zero-order valence-corrected chi connectivity index (χ0v) is 18.5. The Kier molecular flexibility index (Phi) is 6.68. The largest absolute Gasteiger partial charge is 0.508 e. The summed E-state index contributed by atoms with van der Waals surface area (Å²) in [6.07, 6.45) is 0.232. The number of ketones is 1. The number of nitrogens with zero attached hydrogens (tertiary/aromatic N) is 2. The molecule has 31 heavy (non-hydrogen) atoms. The summed E-state index contributed by atoms with van der Waals surface area (Å²) in [5, 5.41) is 20.4. The Balaban J connectivity index is 2.07. The number of hydrogen-bond donors (Lipinski definition) is 2. The second-order valence-electron chi connectivity index (χ2n) is 8.14. The number of benzene rings is 2. The smallest absolute Gasteiger partial charge is 0.294 e. The van der Waals surface area contributed by atoms with E-state index in [0.717, 1.165) is 18.8 Å². The fraction of sp³-hybridized carbons (Fsp3) is 0.360. The highest BCUT2D eigenvalue weighted by Gasteiger charge is 2.44. The van der Waals surface area contributed by atoms with E-state index in [9.17, 15) is 19.8 Å². The third kappa shape index (κ3) is 4.43. The number of anilines is 2. The van der Waals surface area contributed by atoms with E-state index in [4.69, 9.17) is 0 Å². The van der Waals surface area contributed by atoms with Gasteiger partial charge in [-0.1, -0.05) is 26.0 Å². The quantitative estimate of drug-likeness (QED) is 0.641. The van der Waals surface area contributed by atoms with Crippen LogP contribution in [-0.4, -0.2) is 35.0 Å². The van der Waals surface area contributed by atoms with E-state index < -0.39 is 17.7 Å². The molecule has 164 valence electrons. The van der Waals surface area contributed by atoms with Gasteiger partial charge in [0, 0.05) is 30.9 Å². The number of hydrogen-bond acceptors (Lipinski definition) is 5. The number of phenols is 1. The molecule has 1 atom stereocenters. The zero-order chi connectivity index (χ0) is 22.7. The molecule has 0 saturated heterocycles. The van der Waals surface area contributed by atoms with Gasteiger partial charge in [0.1, 0.15) is 5.75 Å². The Morgan fingerprint density at radius 2 is 1.58 bits per heavy atom. The lowest BCUT2D eigenvalue weighted by Gasteiger charge is -2.28. The van der Waals surface area contributed by atoms with E-state index in [1.807, 2.05) is 38.1 Å². The third-order valence-corrected chi connectivity index (χ3v) is 5.57. The molecule has 2 N–H and O–H groups in total. The predicted molar refractivity (Wildman–Crippen MR) is 122 cm³/mol. The number of carbonyl (C=O) groups is 2. The molecule has 0 saturated carbocycles. The monoisotopic (exact) mass is 422 g/mol. The van der Waals surface area contributed by atoms with Crippen molar-refractivity contribution in [1.29, 1.82) is 0 Å². The molecule has 0 aliphatic carbocycles. The lowest BCUT2D eigenvalue weighted by Crippen LogP contribution is -2.31. The van der Waals surface area contributed by atoms with Crippen LogP contribution in [0.4, 0.5) is 11.4 Å². The zero-order valence-electron chi connectivity index (χ0n) is 18.5. The topological polar surface area (TPSA) is 81.1 Å². The number of Topliss-reactive ketones (excluding diaryl/α,β-unsaturated/α-hetero) is 1. The number of aliphatic hydroxyl groups is 1. The first-order valence-electron chi connectivity index (χ1n) is 10.7. The maximum absolute atomic E-state index is 13.1.